The molecule has 0 radical (unpaired) electrons. The standard InChI is InChI=1S/C8H14N2O.ClH/c11-8-2-1-5-10(8)7-3-4-9-6-7;/h7,9H,1-6H2;1H. The third-order valence-electron chi connectivity index (χ3n) is 2.59. The molecule has 1 amide bonds. The van der Waals surface area contributed by atoms with Gasteiger partial charge in [0.25, 0.3) is 0 Å². The van der Waals surface area contributed by atoms with E-state index in [0.717, 1.165) is 38.9 Å². The third kappa shape index (κ3) is 1.72. The molecule has 2 aliphatic rings. The second-order valence-corrected chi connectivity index (χ2v) is 3.34. The van der Waals surface area contributed by atoms with Crippen molar-refractivity contribution in [3.63, 3.8) is 0 Å². The molecule has 2 fully saturated rings. The molecule has 0 aromatic rings. The van der Waals surface area contributed by atoms with Gasteiger partial charge in [-0.05, 0) is 19.4 Å². The van der Waals surface area contributed by atoms with Crippen LogP contribution in [0.5, 0.6) is 0 Å². The lowest BCUT2D eigenvalue weighted by molar-refractivity contribution is -0.129. The van der Waals surface area contributed by atoms with Gasteiger partial charge in [-0.2, -0.15) is 0 Å². The van der Waals surface area contributed by atoms with Gasteiger partial charge in [-0.15, -0.1) is 12.4 Å². The van der Waals surface area contributed by atoms with Crippen LogP contribution in [0.1, 0.15) is 19.3 Å². The second kappa shape index (κ2) is 4.10. The first-order chi connectivity index (χ1) is 5.38. The number of halogens is 1. The normalized spacial score (nSPS) is 29.2. The predicted octanol–water partition coefficient (Wildman–Crippen LogP) is 0.392. The van der Waals surface area contributed by atoms with Crippen LogP contribution in [-0.4, -0.2) is 36.5 Å². The van der Waals surface area contributed by atoms with Gasteiger partial charge in [-0.1, -0.05) is 0 Å². The van der Waals surface area contributed by atoms with Crippen LogP contribution in [0, 0.1) is 0 Å². The van der Waals surface area contributed by atoms with Crippen LogP contribution < -0.4 is 5.32 Å². The highest BCUT2D eigenvalue weighted by Crippen LogP contribution is 2.16. The van der Waals surface area contributed by atoms with E-state index in [4.69, 9.17) is 0 Å². The smallest absolute Gasteiger partial charge is 0.222 e. The van der Waals surface area contributed by atoms with Crippen LogP contribution in [0.15, 0.2) is 0 Å². The van der Waals surface area contributed by atoms with E-state index in [1.807, 2.05) is 4.90 Å². The maximum atomic E-state index is 11.3. The van der Waals surface area contributed by atoms with Gasteiger partial charge in [0, 0.05) is 25.6 Å². The fourth-order valence-corrected chi connectivity index (χ4v) is 1.96. The molecule has 0 aromatic carbocycles. The SMILES string of the molecule is Cl.O=C1CCCN1C1CCNC1. The Kier molecular flexibility index (Phi) is 3.35. The fourth-order valence-electron chi connectivity index (χ4n) is 1.96. The molecule has 0 spiro atoms. The molecule has 2 saturated heterocycles. The van der Waals surface area contributed by atoms with Gasteiger partial charge in [-0.25, -0.2) is 0 Å². The molecule has 1 unspecified atom stereocenters. The van der Waals surface area contributed by atoms with Crippen LogP contribution in [0.4, 0.5) is 0 Å². The highest BCUT2D eigenvalue weighted by atomic mass is 35.5. The van der Waals surface area contributed by atoms with E-state index in [2.05, 4.69) is 5.32 Å². The lowest BCUT2D eigenvalue weighted by Crippen LogP contribution is -2.37. The van der Waals surface area contributed by atoms with Crippen LogP contribution in [0.2, 0.25) is 0 Å². The number of amides is 1. The minimum atomic E-state index is 0. The van der Waals surface area contributed by atoms with Gasteiger partial charge in [0.1, 0.15) is 0 Å². The van der Waals surface area contributed by atoms with Crippen LogP contribution in [0.3, 0.4) is 0 Å². The maximum absolute atomic E-state index is 11.3. The van der Waals surface area contributed by atoms with Crippen molar-refractivity contribution >= 4 is 18.3 Å². The number of carbonyl (C=O) groups is 1. The zero-order valence-electron chi connectivity index (χ0n) is 7.08. The average Bonchev–Trinajstić information content (AvgIpc) is 2.55. The molecule has 1 atom stereocenters. The summed E-state index contributed by atoms with van der Waals surface area (Å²) in [4.78, 5) is 13.3. The summed E-state index contributed by atoms with van der Waals surface area (Å²) in [5.41, 5.74) is 0. The summed E-state index contributed by atoms with van der Waals surface area (Å²) in [6, 6.07) is 0.505. The van der Waals surface area contributed by atoms with Crippen molar-refractivity contribution in [1.29, 1.82) is 0 Å². The molecule has 1 N–H and O–H groups in total. The molecule has 70 valence electrons. The third-order valence-corrected chi connectivity index (χ3v) is 2.59. The van der Waals surface area contributed by atoms with Gasteiger partial charge in [0.15, 0.2) is 0 Å². The van der Waals surface area contributed by atoms with Gasteiger partial charge >= 0.3 is 0 Å². The summed E-state index contributed by atoms with van der Waals surface area (Å²) in [7, 11) is 0. The van der Waals surface area contributed by atoms with E-state index in [0.29, 0.717) is 11.9 Å². The van der Waals surface area contributed by atoms with Crippen molar-refractivity contribution in [1.82, 2.24) is 10.2 Å². The van der Waals surface area contributed by atoms with Gasteiger partial charge in [0.2, 0.25) is 5.91 Å². The number of nitrogens with zero attached hydrogens (tertiary/aromatic N) is 1. The molecule has 0 saturated carbocycles. The van der Waals surface area contributed by atoms with Gasteiger partial charge < -0.3 is 10.2 Å². The van der Waals surface area contributed by atoms with Crippen molar-refractivity contribution in [3.8, 4) is 0 Å². The first kappa shape index (κ1) is 9.81. The Morgan fingerprint density at radius 2 is 2.33 bits per heavy atom. The zero-order chi connectivity index (χ0) is 7.68. The Morgan fingerprint density at radius 3 is 2.83 bits per heavy atom. The Morgan fingerprint density at radius 1 is 1.50 bits per heavy atom. The van der Waals surface area contributed by atoms with Crippen LogP contribution in [-0.2, 0) is 4.79 Å². The maximum Gasteiger partial charge on any atom is 0.222 e. The van der Waals surface area contributed by atoms with Crippen molar-refractivity contribution < 1.29 is 4.79 Å². The topological polar surface area (TPSA) is 32.3 Å². The molecular formula is C8H15ClN2O. The Labute approximate surface area is 78.9 Å². The Balaban J connectivity index is 0.000000720. The van der Waals surface area contributed by atoms with E-state index in [1.165, 1.54) is 0 Å². The highest BCUT2D eigenvalue weighted by Gasteiger charge is 2.29. The van der Waals surface area contributed by atoms with E-state index >= 15 is 0 Å². The van der Waals surface area contributed by atoms with E-state index < -0.39 is 0 Å². The molecule has 3 nitrogen and oxygen atoms in total. The quantitative estimate of drug-likeness (QED) is 0.649. The summed E-state index contributed by atoms with van der Waals surface area (Å²) in [6.07, 6.45) is 2.98. The zero-order valence-corrected chi connectivity index (χ0v) is 7.90. The predicted molar refractivity (Wildman–Crippen MR) is 49.5 cm³/mol. The largest absolute Gasteiger partial charge is 0.338 e. The lowest BCUT2D eigenvalue weighted by Gasteiger charge is -2.22. The number of nitrogens with one attached hydrogen (secondary N) is 1. The van der Waals surface area contributed by atoms with Crippen LogP contribution >= 0.6 is 12.4 Å². The average molecular weight is 191 g/mol. The summed E-state index contributed by atoms with van der Waals surface area (Å²) < 4.78 is 0. The number of hydrogen-bond donors (Lipinski definition) is 1. The molecule has 0 aliphatic carbocycles. The lowest BCUT2D eigenvalue weighted by atomic mass is 10.2. The second-order valence-electron chi connectivity index (χ2n) is 3.34. The molecule has 0 aromatic heterocycles. The fraction of sp³-hybridized carbons (Fsp3) is 0.875. The van der Waals surface area contributed by atoms with E-state index in [1.54, 1.807) is 0 Å². The van der Waals surface area contributed by atoms with Gasteiger partial charge in [-0.3, -0.25) is 4.79 Å². The molecule has 4 heteroatoms. The van der Waals surface area contributed by atoms with E-state index in [9.17, 15) is 4.79 Å². The molecule has 2 rings (SSSR count). The molecular weight excluding hydrogens is 176 g/mol. The molecule has 12 heavy (non-hydrogen) atoms. The summed E-state index contributed by atoms with van der Waals surface area (Å²) >= 11 is 0. The minimum Gasteiger partial charge on any atom is -0.338 e. The first-order valence-electron chi connectivity index (χ1n) is 4.38. The minimum absolute atomic E-state index is 0. The number of likely N-dealkylation sites (tertiary alicyclic amines) is 1. The Hall–Kier alpha value is -0.280. The highest BCUT2D eigenvalue weighted by molar-refractivity contribution is 5.85. The molecule has 0 bridgehead atoms. The van der Waals surface area contributed by atoms with Gasteiger partial charge in [0.05, 0.1) is 0 Å². The molecule has 2 aliphatic heterocycles. The monoisotopic (exact) mass is 190 g/mol. The van der Waals surface area contributed by atoms with Crippen molar-refractivity contribution in [2.75, 3.05) is 19.6 Å². The van der Waals surface area contributed by atoms with E-state index in [-0.39, 0.29) is 12.4 Å². The first-order valence-corrected chi connectivity index (χ1v) is 4.38. The molecule has 2 heterocycles. The summed E-state index contributed by atoms with van der Waals surface area (Å²) in [5.74, 6) is 0.360. The van der Waals surface area contributed by atoms with Crippen LogP contribution in [0.25, 0.3) is 0 Å². The Bertz CT molecular complexity index is 168. The summed E-state index contributed by atoms with van der Waals surface area (Å²) in [5, 5.41) is 3.28. The number of rotatable bonds is 1. The number of carbonyl (C=O) groups excluding carboxylic acids is 1. The van der Waals surface area contributed by atoms with Crippen molar-refractivity contribution in [3.05, 3.63) is 0 Å². The number of hydrogen-bond acceptors (Lipinski definition) is 2. The summed E-state index contributed by atoms with van der Waals surface area (Å²) in [6.45, 7) is 3.07. The van der Waals surface area contributed by atoms with Crippen molar-refractivity contribution in [2.45, 2.75) is 25.3 Å². The van der Waals surface area contributed by atoms with Crippen molar-refractivity contribution in [2.24, 2.45) is 0 Å².